The van der Waals surface area contributed by atoms with Crippen LogP contribution in [-0.4, -0.2) is 33.1 Å². The quantitative estimate of drug-likeness (QED) is 0.782. The van der Waals surface area contributed by atoms with E-state index in [1.54, 1.807) is 12.1 Å². The van der Waals surface area contributed by atoms with Crippen molar-refractivity contribution >= 4 is 16.0 Å². The first kappa shape index (κ1) is 16.7. The second kappa shape index (κ2) is 6.37. The highest BCUT2D eigenvalue weighted by Crippen LogP contribution is 2.24. The monoisotopic (exact) mass is 345 g/mol. The van der Waals surface area contributed by atoms with Crippen LogP contribution >= 0.6 is 0 Å². The predicted molar refractivity (Wildman–Crippen MR) is 91.7 cm³/mol. The van der Waals surface area contributed by atoms with Gasteiger partial charge in [-0.25, -0.2) is 4.99 Å². The van der Waals surface area contributed by atoms with Gasteiger partial charge in [-0.15, -0.1) is 0 Å². The largest absolute Gasteiger partial charge is 0.475 e. The molecule has 2 aromatic carbocycles. The van der Waals surface area contributed by atoms with Gasteiger partial charge in [0.25, 0.3) is 10.1 Å². The summed E-state index contributed by atoms with van der Waals surface area (Å²) in [5, 5.41) is 0. The van der Waals surface area contributed by atoms with E-state index in [1.807, 2.05) is 44.2 Å². The van der Waals surface area contributed by atoms with Crippen LogP contribution in [0.15, 0.2) is 64.5 Å². The van der Waals surface area contributed by atoms with Crippen molar-refractivity contribution in [1.29, 1.82) is 0 Å². The average molecular weight is 345 g/mol. The SMILES string of the molecule is Cc1ccc(S(=O)(=O)OCC2(C)COC(c3ccccc3)=N2)cc1. The lowest BCUT2D eigenvalue weighted by atomic mass is 10.1. The summed E-state index contributed by atoms with van der Waals surface area (Å²) in [7, 11) is -3.81. The molecule has 0 saturated heterocycles. The Morgan fingerprint density at radius 3 is 2.46 bits per heavy atom. The summed E-state index contributed by atoms with van der Waals surface area (Å²) >= 11 is 0. The molecule has 0 spiro atoms. The zero-order valence-electron chi connectivity index (χ0n) is 13.6. The second-order valence-corrected chi connectivity index (χ2v) is 7.71. The Bertz CT molecular complexity index is 844. The van der Waals surface area contributed by atoms with E-state index in [0.29, 0.717) is 5.90 Å². The van der Waals surface area contributed by atoms with Crippen LogP contribution in [0.3, 0.4) is 0 Å². The van der Waals surface area contributed by atoms with Gasteiger partial charge in [-0.2, -0.15) is 8.42 Å². The summed E-state index contributed by atoms with van der Waals surface area (Å²) in [6, 6.07) is 16.1. The van der Waals surface area contributed by atoms with E-state index in [2.05, 4.69) is 4.99 Å². The van der Waals surface area contributed by atoms with Crippen molar-refractivity contribution in [3.8, 4) is 0 Å². The Morgan fingerprint density at radius 2 is 1.79 bits per heavy atom. The molecule has 0 saturated carbocycles. The topological polar surface area (TPSA) is 65.0 Å². The van der Waals surface area contributed by atoms with Crippen molar-refractivity contribution in [3.05, 3.63) is 65.7 Å². The second-order valence-electron chi connectivity index (χ2n) is 6.10. The molecule has 0 amide bonds. The molecule has 1 aliphatic rings. The smallest absolute Gasteiger partial charge is 0.297 e. The lowest BCUT2D eigenvalue weighted by Crippen LogP contribution is -2.31. The fourth-order valence-electron chi connectivity index (χ4n) is 2.31. The van der Waals surface area contributed by atoms with Crippen LogP contribution in [0, 0.1) is 6.92 Å². The highest BCUT2D eigenvalue weighted by Gasteiger charge is 2.34. The van der Waals surface area contributed by atoms with Crippen LogP contribution in [0.2, 0.25) is 0 Å². The van der Waals surface area contributed by atoms with Crippen LogP contribution in [-0.2, 0) is 19.0 Å². The molecule has 24 heavy (non-hydrogen) atoms. The Kier molecular flexibility index (Phi) is 4.43. The van der Waals surface area contributed by atoms with Gasteiger partial charge in [0.1, 0.15) is 12.1 Å². The first-order chi connectivity index (χ1) is 11.4. The molecule has 0 N–H and O–H groups in total. The van der Waals surface area contributed by atoms with E-state index in [4.69, 9.17) is 8.92 Å². The zero-order valence-corrected chi connectivity index (χ0v) is 14.4. The van der Waals surface area contributed by atoms with Gasteiger partial charge in [-0.05, 0) is 38.1 Å². The molecule has 1 unspecified atom stereocenters. The number of hydrogen-bond acceptors (Lipinski definition) is 5. The number of aliphatic imine (C=N–C) groups is 1. The molecule has 2 aromatic rings. The van der Waals surface area contributed by atoms with Crippen LogP contribution in [0.5, 0.6) is 0 Å². The fraction of sp³-hybridized carbons (Fsp3) is 0.278. The Hall–Kier alpha value is -2.18. The molecule has 5 nitrogen and oxygen atoms in total. The highest BCUT2D eigenvalue weighted by atomic mass is 32.2. The highest BCUT2D eigenvalue weighted by molar-refractivity contribution is 7.86. The number of aryl methyl sites for hydroxylation is 1. The normalized spacial score (nSPS) is 20.5. The van der Waals surface area contributed by atoms with Crippen molar-refractivity contribution < 1.29 is 17.3 Å². The number of benzene rings is 2. The average Bonchev–Trinajstić information content (AvgIpc) is 2.98. The summed E-state index contributed by atoms with van der Waals surface area (Å²) in [6.07, 6.45) is 0. The Labute approximate surface area is 142 Å². The summed E-state index contributed by atoms with van der Waals surface area (Å²) < 4.78 is 35.4. The van der Waals surface area contributed by atoms with Gasteiger partial charge in [0.15, 0.2) is 0 Å². The number of hydrogen-bond donors (Lipinski definition) is 0. The molecule has 0 aromatic heterocycles. The Balaban J connectivity index is 1.72. The van der Waals surface area contributed by atoms with Crippen molar-refractivity contribution in [2.24, 2.45) is 4.99 Å². The van der Waals surface area contributed by atoms with Crippen LogP contribution < -0.4 is 0 Å². The molecule has 1 aliphatic heterocycles. The van der Waals surface area contributed by atoms with Crippen LogP contribution in [0.25, 0.3) is 0 Å². The minimum atomic E-state index is -3.81. The number of nitrogens with zero attached hydrogens (tertiary/aromatic N) is 1. The van der Waals surface area contributed by atoms with E-state index in [1.165, 1.54) is 12.1 Å². The van der Waals surface area contributed by atoms with E-state index in [9.17, 15) is 8.42 Å². The molecule has 0 radical (unpaired) electrons. The lowest BCUT2D eigenvalue weighted by Gasteiger charge is -2.17. The van der Waals surface area contributed by atoms with E-state index >= 15 is 0 Å². The van der Waals surface area contributed by atoms with Crippen molar-refractivity contribution in [1.82, 2.24) is 0 Å². The van der Waals surface area contributed by atoms with Crippen molar-refractivity contribution in [2.45, 2.75) is 24.3 Å². The van der Waals surface area contributed by atoms with E-state index in [0.717, 1.165) is 11.1 Å². The summed E-state index contributed by atoms with van der Waals surface area (Å²) in [5.41, 5.74) is 1.12. The summed E-state index contributed by atoms with van der Waals surface area (Å²) in [5.74, 6) is 0.509. The van der Waals surface area contributed by atoms with Gasteiger partial charge >= 0.3 is 0 Å². The molecule has 1 atom stereocenters. The molecule has 0 bridgehead atoms. The van der Waals surface area contributed by atoms with Gasteiger partial charge < -0.3 is 4.74 Å². The first-order valence-corrected chi connectivity index (χ1v) is 9.03. The van der Waals surface area contributed by atoms with Crippen LogP contribution in [0.1, 0.15) is 18.1 Å². The fourth-order valence-corrected chi connectivity index (χ4v) is 3.33. The van der Waals surface area contributed by atoms with Gasteiger partial charge in [-0.3, -0.25) is 4.18 Å². The predicted octanol–water partition coefficient (Wildman–Crippen LogP) is 2.94. The molecule has 6 heteroatoms. The molecule has 0 fully saturated rings. The maximum Gasteiger partial charge on any atom is 0.297 e. The molecular weight excluding hydrogens is 326 g/mol. The zero-order chi connectivity index (χ0) is 17.2. The van der Waals surface area contributed by atoms with E-state index in [-0.39, 0.29) is 18.1 Å². The summed E-state index contributed by atoms with van der Waals surface area (Å²) in [6.45, 7) is 3.92. The number of ether oxygens (including phenoxy) is 1. The van der Waals surface area contributed by atoms with Crippen molar-refractivity contribution in [3.63, 3.8) is 0 Å². The van der Waals surface area contributed by atoms with E-state index < -0.39 is 15.7 Å². The van der Waals surface area contributed by atoms with Gasteiger partial charge in [-0.1, -0.05) is 35.9 Å². The molecule has 0 aliphatic carbocycles. The van der Waals surface area contributed by atoms with Gasteiger partial charge in [0.2, 0.25) is 5.90 Å². The first-order valence-electron chi connectivity index (χ1n) is 7.62. The standard InChI is InChI=1S/C18H19NO4S/c1-14-8-10-16(11-9-14)24(20,21)23-13-18(2)12-22-17(19-18)15-6-4-3-5-7-15/h3-11H,12-13H2,1-2H3. The molecule has 3 rings (SSSR count). The third-order valence-electron chi connectivity index (χ3n) is 3.75. The van der Waals surface area contributed by atoms with Crippen LogP contribution in [0.4, 0.5) is 0 Å². The Morgan fingerprint density at radius 1 is 1.12 bits per heavy atom. The molecular formula is C18H19NO4S. The summed E-state index contributed by atoms with van der Waals surface area (Å²) in [4.78, 5) is 4.65. The lowest BCUT2D eigenvalue weighted by molar-refractivity contribution is 0.189. The van der Waals surface area contributed by atoms with Gasteiger partial charge in [0, 0.05) is 5.56 Å². The molecule has 126 valence electrons. The maximum atomic E-state index is 12.3. The maximum absolute atomic E-state index is 12.3. The van der Waals surface area contributed by atoms with Gasteiger partial charge in [0.05, 0.1) is 11.5 Å². The minimum Gasteiger partial charge on any atom is -0.475 e. The number of rotatable bonds is 5. The third-order valence-corrected chi connectivity index (χ3v) is 5.02. The van der Waals surface area contributed by atoms with Crippen molar-refractivity contribution in [2.75, 3.05) is 13.2 Å². The third kappa shape index (κ3) is 3.66. The minimum absolute atomic E-state index is 0.0699. The molecule has 1 heterocycles.